The van der Waals surface area contributed by atoms with Crippen LogP contribution in [0.25, 0.3) is 11.4 Å². The summed E-state index contributed by atoms with van der Waals surface area (Å²) in [5.41, 5.74) is 0.396. The van der Waals surface area contributed by atoms with Crippen molar-refractivity contribution < 1.29 is 18.3 Å². The number of phenols is 1. The van der Waals surface area contributed by atoms with Gasteiger partial charge in [-0.25, -0.2) is 14.4 Å². The number of fused-ring (bicyclic) bond motifs is 1. The third kappa shape index (κ3) is 2.92. The Bertz CT molecular complexity index is 1050. The van der Waals surface area contributed by atoms with E-state index in [4.69, 9.17) is 0 Å². The van der Waals surface area contributed by atoms with Crippen LogP contribution in [-0.2, 0) is 0 Å². The molecule has 26 heavy (non-hydrogen) atoms. The lowest BCUT2D eigenvalue weighted by Crippen LogP contribution is -2.00. The fraction of sp³-hybridized carbons (Fsp3) is 0.176. The van der Waals surface area contributed by atoms with Gasteiger partial charge in [0.05, 0.1) is 32.1 Å². The standard InChI is InChI=1S/C17H10Br2F3N3O/c18-10-3-8(4-11(19)15(10)26)12(16(21)22)14-13(7-1-2-7)24-17-23-5-9(20)6-25(14)17/h3-7,26H,1-2H2. The number of nitrogens with zero attached hydrogens (tertiary/aromatic N) is 3. The van der Waals surface area contributed by atoms with Crippen molar-refractivity contribution in [1.29, 1.82) is 0 Å². The number of halogens is 5. The Morgan fingerprint density at radius 3 is 2.42 bits per heavy atom. The molecule has 0 saturated heterocycles. The Labute approximate surface area is 162 Å². The molecule has 134 valence electrons. The van der Waals surface area contributed by atoms with E-state index < -0.39 is 11.9 Å². The lowest BCUT2D eigenvalue weighted by atomic mass is 10.0. The summed E-state index contributed by atoms with van der Waals surface area (Å²) in [6.07, 6.45) is 1.85. The monoisotopic (exact) mass is 487 g/mol. The number of hydrogen-bond donors (Lipinski definition) is 1. The fourth-order valence-corrected chi connectivity index (χ4v) is 4.05. The lowest BCUT2D eigenvalue weighted by molar-refractivity contribution is 0.425. The highest BCUT2D eigenvalue weighted by atomic mass is 79.9. The van der Waals surface area contributed by atoms with Gasteiger partial charge >= 0.3 is 0 Å². The molecule has 0 unspecified atom stereocenters. The van der Waals surface area contributed by atoms with Gasteiger partial charge in [0.2, 0.25) is 5.78 Å². The number of aromatic hydroxyl groups is 1. The number of hydrogen-bond acceptors (Lipinski definition) is 3. The van der Waals surface area contributed by atoms with E-state index in [0.717, 1.165) is 25.2 Å². The van der Waals surface area contributed by atoms with Crippen molar-refractivity contribution in [2.24, 2.45) is 0 Å². The van der Waals surface area contributed by atoms with E-state index in [-0.39, 0.29) is 43.2 Å². The summed E-state index contributed by atoms with van der Waals surface area (Å²) in [5, 5.41) is 9.87. The zero-order valence-electron chi connectivity index (χ0n) is 13.0. The zero-order chi connectivity index (χ0) is 18.6. The minimum atomic E-state index is -1.93. The van der Waals surface area contributed by atoms with Gasteiger partial charge in [0, 0.05) is 12.1 Å². The molecule has 4 rings (SSSR count). The molecule has 1 aliphatic carbocycles. The molecule has 0 amide bonds. The summed E-state index contributed by atoms with van der Waals surface area (Å²) in [5.74, 6) is -0.530. The molecule has 4 nitrogen and oxygen atoms in total. The normalized spacial score (nSPS) is 14.0. The first-order chi connectivity index (χ1) is 12.4. The quantitative estimate of drug-likeness (QED) is 0.519. The van der Waals surface area contributed by atoms with Crippen LogP contribution in [0, 0.1) is 5.82 Å². The van der Waals surface area contributed by atoms with Crippen LogP contribution in [0.4, 0.5) is 13.2 Å². The number of phenolic OH excluding ortho intramolecular Hbond substituents is 1. The molecule has 0 bridgehead atoms. The van der Waals surface area contributed by atoms with Crippen LogP contribution in [0.2, 0.25) is 0 Å². The molecular weight excluding hydrogens is 479 g/mol. The summed E-state index contributed by atoms with van der Waals surface area (Å²) < 4.78 is 43.6. The predicted octanol–water partition coefficient (Wildman–Crippen LogP) is 5.63. The molecule has 1 aliphatic rings. The molecular formula is C17H10Br2F3N3O. The largest absolute Gasteiger partial charge is 0.506 e. The third-order valence-electron chi connectivity index (χ3n) is 4.17. The van der Waals surface area contributed by atoms with Crippen LogP contribution in [0.3, 0.4) is 0 Å². The topological polar surface area (TPSA) is 50.4 Å². The molecule has 3 aromatic rings. The molecule has 0 atom stereocenters. The van der Waals surface area contributed by atoms with E-state index in [1.54, 1.807) is 0 Å². The maximum absolute atomic E-state index is 14.0. The van der Waals surface area contributed by atoms with E-state index in [1.807, 2.05) is 0 Å². The predicted molar refractivity (Wildman–Crippen MR) is 96.7 cm³/mol. The minimum Gasteiger partial charge on any atom is -0.506 e. The van der Waals surface area contributed by atoms with E-state index in [1.165, 1.54) is 16.5 Å². The van der Waals surface area contributed by atoms with Crippen LogP contribution in [0.1, 0.15) is 35.7 Å². The molecule has 2 heterocycles. The van der Waals surface area contributed by atoms with Crippen molar-refractivity contribution in [1.82, 2.24) is 14.4 Å². The Morgan fingerprint density at radius 2 is 1.85 bits per heavy atom. The SMILES string of the molecule is Oc1c(Br)cc(C(=C(F)F)c2c(C3CC3)nc3ncc(F)cn23)cc1Br. The number of imidazole rings is 1. The van der Waals surface area contributed by atoms with Crippen LogP contribution >= 0.6 is 31.9 Å². The van der Waals surface area contributed by atoms with Crippen molar-refractivity contribution in [3.05, 3.63) is 62.3 Å². The first kappa shape index (κ1) is 17.5. The second-order valence-electron chi connectivity index (χ2n) is 5.99. The Balaban J connectivity index is 2.04. The molecule has 0 radical (unpaired) electrons. The van der Waals surface area contributed by atoms with E-state index >= 15 is 0 Å². The number of benzene rings is 1. The summed E-state index contributed by atoms with van der Waals surface area (Å²) in [4.78, 5) is 8.26. The van der Waals surface area contributed by atoms with Crippen molar-refractivity contribution in [3.8, 4) is 5.75 Å². The van der Waals surface area contributed by atoms with Gasteiger partial charge in [-0.3, -0.25) is 4.40 Å². The fourth-order valence-electron chi connectivity index (χ4n) is 2.86. The summed E-state index contributed by atoms with van der Waals surface area (Å²) in [6.45, 7) is 0. The van der Waals surface area contributed by atoms with E-state index in [2.05, 4.69) is 41.8 Å². The molecule has 1 saturated carbocycles. The van der Waals surface area contributed by atoms with Gasteiger partial charge in [0.15, 0.2) is 5.82 Å². The van der Waals surface area contributed by atoms with Gasteiger partial charge in [-0.15, -0.1) is 0 Å². The van der Waals surface area contributed by atoms with Gasteiger partial charge < -0.3 is 5.11 Å². The zero-order valence-corrected chi connectivity index (χ0v) is 16.2. The average molecular weight is 489 g/mol. The molecule has 0 aliphatic heterocycles. The lowest BCUT2D eigenvalue weighted by Gasteiger charge is -2.11. The maximum Gasteiger partial charge on any atom is 0.280 e. The maximum atomic E-state index is 14.0. The van der Waals surface area contributed by atoms with Crippen LogP contribution in [0.15, 0.2) is 39.6 Å². The van der Waals surface area contributed by atoms with Gasteiger partial charge in [-0.05, 0) is 62.4 Å². The first-order valence-electron chi connectivity index (χ1n) is 7.64. The highest BCUT2D eigenvalue weighted by Crippen LogP contribution is 2.46. The first-order valence-corrected chi connectivity index (χ1v) is 9.23. The smallest absolute Gasteiger partial charge is 0.280 e. The second-order valence-corrected chi connectivity index (χ2v) is 7.69. The summed E-state index contributed by atoms with van der Waals surface area (Å²) >= 11 is 6.31. The average Bonchev–Trinajstić information content (AvgIpc) is 3.36. The second kappa shape index (κ2) is 6.38. The minimum absolute atomic E-state index is 0.0492. The van der Waals surface area contributed by atoms with Gasteiger partial charge in [-0.2, -0.15) is 8.78 Å². The van der Waals surface area contributed by atoms with Crippen molar-refractivity contribution in [3.63, 3.8) is 0 Å². The van der Waals surface area contributed by atoms with Gasteiger partial charge in [0.1, 0.15) is 5.75 Å². The Morgan fingerprint density at radius 1 is 1.19 bits per heavy atom. The molecule has 2 aromatic heterocycles. The number of rotatable bonds is 3. The summed E-state index contributed by atoms with van der Waals surface area (Å²) in [7, 11) is 0. The highest BCUT2D eigenvalue weighted by molar-refractivity contribution is 9.11. The van der Waals surface area contributed by atoms with Crippen molar-refractivity contribution in [2.45, 2.75) is 18.8 Å². The Hall–Kier alpha value is -1.87. The summed E-state index contributed by atoms with van der Waals surface area (Å²) in [6, 6.07) is 2.77. The van der Waals surface area contributed by atoms with Crippen LogP contribution in [-0.4, -0.2) is 19.5 Å². The highest BCUT2D eigenvalue weighted by Gasteiger charge is 2.33. The molecule has 0 spiro atoms. The molecule has 1 N–H and O–H groups in total. The van der Waals surface area contributed by atoms with Crippen LogP contribution in [0.5, 0.6) is 5.75 Å². The molecule has 1 fully saturated rings. The van der Waals surface area contributed by atoms with E-state index in [9.17, 15) is 18.3 Å². The Kier molecular flexibility index (Phi) is 4.31. The van der Waals surface area contributed by atoms with E-state index in [0.29, 0.717) is 5.69 Å². The van der Waals surface area contributed by atoms with Gasteiger partial charge in [0.25, 0.3) is 6.08 Å². The molecule has 9 heteroatoms. The van der Waals surface area contributed by atoms with Crippen molar-refractivity contribution >= 4 is 43.2 Å². The van der Waals surface area contributed by atoms with Crippen LogP contribution < -0.4 is 0 Å². The van der Waals surface area contributed by atoms with Crippen molar-refractivity contribution in [2.75, 3.05) is 0 Å². The third-order valence-corrected chi connectivity index (χ3v) is 5.38. The number of aromatic nitrogens is 3. The van der Waals surface area contributed by atoms with Gasteiger partial charge in [-0.1, -0.05) is 0 Å². The molecule has 1 aromatic carbocycles.